The Balaban J connectivity index is 2.23. The van der Waals surface area contributed by atoms with Crippen molar-refractivity contribution in [1.29, 1.82) is 0 Å². The first-order valence-electron chi connectivity index (χ1n) is 6.22. The standard InChI is InChI=1S/C11H24N2O2Si/c1-4-14-16(3,15-5-2)10-6-8-13-9-7-12-11-13/h11H,4-10H2,1-3H3. The van der Waals surface area contributed by atoms with Gasteiger partial charge >= 0.3 is 8.56 Å². The summed E-state index contributed by atoms with van der Waals surface area (Å²) in [4.78, 5) is 6.47. The summed E-state index contributed by atoms with van der Waals surface area (Å²) in [5, 5.41) is 0. The molecule has 1 aliphatic heterocycles. The van der Waals surface area contributed by atoms with Crippen LogP contribution in [0.4, 0.5) is 0 Å². The van der Waals surface area contributed by atoms with Gasteiger partial charge in [0.1, 0.15) is 0 Å². The van der Waals surface area contributed by atoms with E-state index in [1.807, 2.05) is 20.2 Å². The number of aliphatic imine (C=N–C) groups is 1. The Hall–Kier alpha value is -0.393. The van der Waals surface area contributed by atoms with Crippen LogP contribution >= 0.6 is 0 Å². The van der Waals surface area contributed by atoms with E-state index in [0.29, 0.717) is 0 Å². The van der Waals surface area contributed by atoms with Crippen LogP contribution in [0.15, 0.2) is 4.99 Å². The van der Waals surface area contributed by atoms with Crippen LogP contribution in [0.2, 0.25) is 12.6 Å². The lowest BCUT2D eigenvalue weighted by Crippen LogP contribution is -2.39. The number of nitrogens with zero attached hydrogens (tertiary/aromatic N) is 2. The predicted octanol–water partition coefficient (Wildman–Crippen LogP) is 1.87. The average Bonchev–Trinajstić information content (AvgIpc) is 2.71. The molecule has 0 aromatic heterocycles. The van der Waals surface area contributed by atoms with Crippen molar-refractivity contribution in [2.75, 3.05) is 32.8 Å². The summed E-state index contributed by atoms with van der Waals surface area (Å²) in [7, 11) is -1.89. The third kappa shape index (κ3) is 4.63. The van der Waals surface area contributed by atoms with Crippen molar-refractivity contribution in [2.24, 2.45) is 4.99 Å². The minimum Gasteiger partial charge on any atom is -0.395 e. The normalized spacial score (nSPS) is 16.1. The third-order valence-electron chi connectivity index (χ3n) is 2.74. The molecule has 0 unspecified atom stereocenters. The number of hydrogen-bond donors (Lipinski definition) is 0. The summed E-state index contributed by atoms with van der Waals surface area (Å²) in [5.74, 6) is 0. The smallest absolute Gasteiger partial charge is 0.334 e. The minimum atomic E-state index is -1.89. The maximum Gasteiger partial charge on any atom is 0.334 e. The van der Waals surface area contributed by atoms with E-state index in [0.717, 1.165) is 45.3 Å². The van der Waals surface area contributed by atoms with Gasteiger partial charge in [0.25, 0.3) is 0 Å². The molecule has 0 atom stereocenters. The van der Waals surface area contributed by atoms with Gasteiger partial charge in [0.2, 0.25) is 0 Å². The van der Waals surface area contributed by atoms with Crippen LogP contribution in [0.3, 0.4) is 0 Å². The average molecular weight is 244 g/mol. The topological polar surface area (TPSA) is 34.1 Å². The summed E-state index contributed by atoms with van der Waals surface area (Å²) in [6.07, 6.45) is 3.09. The molecule has 0 aromatic rings. The van der Waals surface area contributed by atoms with Crippen LogP contribution in [-0.2, 0) is 8.85 Å². The molecule has 0 saturated carbocycles. The molecule has 0 radical (unpaired) electrons. The van der Waals surface area contributed by atoms with Crippen LogP contribution in [0.1, 0.15) is 20.3 Å². The van der Waals surface area contributed by atoms with Gasteiger partial charge in [0, 0.05) is 26.3 Å². The molecule has 0 aliphatic carbocycles. The van der Waals surface area contributed by atoms with Crippen LogP contribution in [0.5, 0.6) is 0 Å². The third-order valence-corrected chi connectivity index (χ3v) is 5.80. The molecule has 0 bridgehead atoms. The fourth-order valence-corrected chi connectivity index (χ4v) is 4.38. The van der Waals surface area contributed by atoms with Crippen LogP contribution in [-0.4, -0.2) is 52.6 Å². The minimum absolute atomic E-state index is 0.758. The van der Waals surface area contributed by atoms with Crippen molar-refractivity contribution in [1.82, 2.24) is 4.90 Å². The quantitative estimate of drug-likeness (QED) is 0.611. The Bertz CT molecular complexity index is 218. The number of hydrogen-bond acceptors (Lipinski definition) is 4. The zero-order valence-corrected chi connectivity index (χ0v) is 11.7. The molecule has 0 N–H and O–H groups in total. The lowest BCUT2D eigenvalue weighted by atomic mass is 10.4. The first-order valence-corrected chi connectivity index (χ1v) is 8.74. The fraction of sp³-hybridized carbons (Fsp3) is 0.909. The largest absolute Gasteiger partial charge is 0.395 e. The Morgan fingerprint density at radius 1 is 1.31 bits per heavy atom. The van der Waals surface area contributed by atoms with E-state index in [1.165, 1.54) is 0 Å². The van der Waals surface area contributed by atoms with Crippen molar-refractivity contribution in [3.05, 3.63) is 0 Å². The summed E-state index contributed by atoms with van der Waals surface area (Å²) in [6, 6.07) is 1.07. The number of rotatable bonds is 8. The summed E-state index contributed by atoms with van der Waals surface area (Å²) in [5.41, 5.74) is 0. The first-order chi connectivity index (χ1) is 7.70. The van der Waals surface area contributed by atoms with E-state index in [9.17, 15) is 0 Å². The fourth-order valence-electron chi connectivity index (χ4n) is 1.99. The summed E-state index contributed by atoms with van der Waals surface area (Å²) in [6.45, 7) is 10.9. The molecule has 16 heavy (non-hydrogen) atoms. The van der Waals surface area contributed by atoms with Gasteiger partial charge in [-0.25, -0.2) is 0 Å². The first kappa shape index (κ1) is 13.7. The molecule has 1 aliphatic rings. The van der Waals surface area contributed by atoms with Gasteiger partial charge in [-0.2, -0.15) is 0 Å². The van der Waals surface area contributed by atoms with Crippen molar-refractivity contribution < 1.29 is 8.85 Å². The molecule has 94 valence electrons. The lowest BCUT2D eigenvalue weighted by Gasteiger charge is -2.26. The molecule has 0 amide bonds. The zero-order chi connectivity index (χ0) is 11.9. The molecule has 0 saturated heterocycles. The van der Waals surface area contributed by atoms with Crippen molar-refractivity contribution in [2.45, 2.75) is 32.9 Å². The van der Waals surface area contributed by atoms with Crippen molar-refractivity contribution in [3.8, 4) is 0 Å². The second kappa shape index (κ2) is 7.03. The molecule has 0 fully saturated rings. The molecule has 1 heterocycles. The van der Waals surface area contributed by atoms with Crippen molar-refractivity contribution >= 4 is 14.9 Å². The lowest BCUT2D eigenvalue weighted by molar-refractivity contribution is 0.187. The molecular weight excluding hydrogens is 220 g/mol. The summed E-state index contributed by atoms with van der Waals surface area (Å²) < 4.78 is 11.6. The molecule has 1 rings (SSSR count). The highest BCUT2D eigenvalue weighted by atomic mass is 28.4. The van der Waals surface area contributed by atoms with E-state index in [-0.39, 0.29) is 0 Å². The van der Waals surface area contributed by atoms with Crippen LogP contribution in [0.25, 0.3) is 0 Å². The van der Waals surface area contributed by atoms with E-state index < -0.39 is 8.56 Å². The maximum atomic E-state index is 5.80. The van der Waals surface area contributed by atoms with E-state index in [4.69, 9.17) is 8.85 Å². The summed E-state index contributed by atoms with van der Waals surface area (Å²) >= 11 is 0. The van der Waals surface area contributed by atoms with Crippen LogP contribution < -0.4 is 0 Å². The molecule has 5 heteroatoms. The Morgan fingerprint density at radius 2 is 2.00 bits per heavy atom. The van der Waals surface area contributed by atoms with Crippen LogP contribution in [0, 0.1) is 0 Å². The Labute approximate surface area is 99.9 Å². The second-order valence-electron chi connectivity index (χ2n) is 4.16. The monoisotopic (exact) mass is 244 g/mol. The van der Waals surface area contributed by atoms with E-state index >= 15 is 0 Å². The van der Waals surface area contributed by atoms with Gasteiger partial charge in [-0.3, -0.25) is 4.99 Å². The Morgan fingerprint density at radius 3 is 2.50 bits per heavy atom. The second-order valence-corrected chi connectivity index (χ2v) is 7.51. The van der Waals surface area contributed by atoms with Gasteiger partial charge in [0.05, 0.1) is 12.9 Å². The highest BCUT2D eigenvalue weighted by molar-refractivity contribution is 6.66. The highest BCUT2D eigenvalue weighted by Crippen LogP contribution is 2.16. The predicted molar refractivity (Wildman–Crippen MR) is 69.2 cm³/mol. The highest BCUT2D eigenvalue weighted by Gasteiger charge is 2.30. The molecule has 4 nitrogen and oxygen atoms in total. The zero-order valence-electron chi connectivity index (χ0n) is 10.7. The maximum absolute atomic E-state index is 5.80. The SMILES string of the molecule is CCO[Si](C)(CCCN1C=NCC1)OCC. The molecular formula is C11H24N2O2Si. The van der Waals surface area contributed by atoms with E-state index in [1.54, 1.807) is 0 Å². The van der Waals surface area contributed by atoms with Gasteiger partial charge in [0.15, 0.2) is 0 Å². The molecule has 0 aromatic carbocycles. The van der Waals surface area contributed by atoms with Gasteiger partial charge in [-0.05, 0) is 32.9 Å². The van der Waals surface area contributed by atoms with Crippen molar-refractivity contribution in [3.63, 3.8) is 0 Å². The van der Waals surface area contributed by atoms with E-state index in [2.05, 4.69) is 16.4 Å². The molecule has 0 spiro atoms. The van der Waals surface area contributed by atoms with Gasteiger partial charge < -0.3 is 13.8 Å². The van der Waals surface area contributed by atoms with Gasteiger partial charge in [-0.15, -0.1) is 0 Å². The Kier molecular flexibility index (Phi) is 6.01. The van der Waals surface area contributed by atoms with Gasteiger partial charge in [-0.1, -0.05) is 0 Å².